The molecule has 0 aromatic heterocycles. The Kier molecular flexibility index (Phi) is 5.50. The molecule has 1 heterocycles. The van der Waals surface area contributed by atoms with Crippen LogP contribution in [-0.4, -0.2) is 66.2 Å². The maximum Gasteiger partial charge on any atom is 0.258 e. The molecule has 1 aromatic carbocycles. The molecule has 3 rings (SSSR count). The van der Waals surface area contributed by atoms with Gasteiger partial charge in [-0.1, -0.05) is 6.07 Å². The molecule has 2 amide bonds. The molecule has 2 aliphatic rings. The molecule has 1 aliphatic heterocycles. The second-order valence-electron chi connectivity index (χ2n) is 6.38. The SMILES string of the molecule is O=C1CN([C@@H]2CC[C@@H](NC(=O)COc3cccc(F)c3)[C@H]2O)CCN1. The highest BCUT2D eigenvalue weighted by molar-refractivity contribution is 5.79. The fraction of sp³-hybridized carbons (Fsp3) is 0.529. The minimum atomic E-state index is -0.732. The monoisotopic (exact) mass is 351 g/mol. The van der Waals surface area contributed by atoms with Gasteiger partial charge in [0.15, 0.2) is 6.61 Å². The number of carbonyl (C=O) groups excluding carboxylic acids is 2. The molecule has 0 radical (unpaired) electrons. The number of rotatable bonds is 5. The molecular weight excluding hydrogens is 329 g/mol. The molecule has 1 saturated carbocycles. The van der Waals surface area contributed by atoms with Gasteiger partial charge in [-0.05, 0) is 25.0 Å². The van der Waals surface area contributed by atoms with E-state index < -0.39 is 11.9 Å². The molecule has 1 aliphatic carbocycles. The van der Waals surface area contributed by atoms with Gasteiger partial charge in [-0.25, -0.2) is 4.39 Å². The van der Waals surface area contributed by atoms with Gasteiger partial charge in [0, 0.05) is 25.2 Å². The Morgan fingerprint density at radius 1 is 1.44 bits per heavy atom. The fourth-order valence-electron chi connectivity index (χ4n) is 3.41. The molecule has 8 heteroatoms. The molecule has 0 spiro atoms. The molecule has 7 nitrogen and oxygen atoms in total. The van der Waals surface area contributed by atoms with Crippen LogP contribution in [0.4, 0.5) is 4.39 Å². The van der Waals surface area contributed by atoms with E-state index in [2.05, 4.69) is 10.6 Å². The van der Waals surface area contributed by atoms with E-state index in [1.807, 2.05) is 4.90 Å². The van der Waals surface area contributed by atoms with Crippen LogP contribution in [0.1, 0.15) is 12.8 Å². The summed E-state index contributed by atoms with van der Waals surface area (Å²) >= 11 is 0. The number of nitrogens with one attached hydrogen (secondary N) is 2. The number of amides is 2. The minimum absolute atomic E-state index is 0.0468. The van der Waals surface area contributed by atoms with E-state index >= 15 is 0 Å². The topological polar surface area (TPSA) is 90.9 Å². The Labute approximate surface area is 145 Å². The second kappa shape index (κ2) is 7.79. The average Bonchev–Trinajstić information content (AvgIpc) is 2.94. The smallest absolute Gasteiger partial charge is 0.258 e. The Morgan fingerprint density at radius 3 is 3.04 bits per heavy atom. The van der Waals surface area contributed by atoms with Gasteiger partial charge < -0.3 is 20.5 Å². The van der Waals surface area contributed by atoms with E-state index in [-0.39, 0.29) is 42.8 Å². The van der Waals surface area contributed by atoms with E-state index in [9.17, 15) is 19.1 Å². The number of hydrogen-bond acceptors (Lipinski definition) is 5. The number of nitrogens with zero attached hydrogens (tertiary/aromatic N) is 1. The predicted molar refractivity (Wildman–Crippen MR) is 87.4 cm³/mol. The van der Waals surface area contributed by atoms with Crippen molar-refractivity contribution in [2.75, 3.05) is 26.2 Å². The molecule has 0 bridgehead atoms. The zero-order chi connectivity index (χ0) is 17.8. The normalized spacial score (nSPS) is 27.0. The van der Waals surface area contributed by atoms with Gasteiger partial charge in [-0.15, -0.1) is 0 Å². The molecule has 0 unspecified atom stereocenters. The zero-order valence-corrected chi connectivity index (χ0v) is 13.8. The van der Waals surface area contributed by atoms with Crippen molar-refractivity contribution in [2.24, 2.45) is 0 Å². The minimum Gasteiger partial charge on any atom is -0.484 e. The van der Waals surface area contributed by atoms with Gasteiger partial charge >= 0.3 is 0 Å². The number of benzene rings is 1. The summed E-state index contributed by atoms with van der Waals surface area (Å²) in [6, 6.07) is 5.05. The summed E-state index contributed by atoms with van der Waals surface area (Å²) in [4.78, 5) is 25.5. The number of aliphatic hydroxyl groups excluding tert-OH is 1. The van der Waals surface area contributed by atoms with E-state index in [1.54, 1.807) is 6.07 Å². The van der Waals surface area contributed by atoms with E-state index in [0.717, 1.165) is 0 Å². The van der Waals surface area contributed by atoms with Crippen molar-refractivity contribution in [3.63, 3.8) is 0 Å². The standard InChI is InChI=1S/C17H22FN3O4/c18-11-2-1-3-12(8-11)25-10-16(23)20-13-4-5-14(17(13)24)21-7-6-19-15(22)9-21/h1-3,8,13-14,17,24H,4-7,9-10H2,(H,19,22)(H,20,23)/t13-,14-,17-/m1/s1. The number of hydrogen-bond donors (Lipinski definition) is 3. The average molecular weight is 351 g/mol. The first-order valence-electron chi connectivity index (χ1n) is 8.39. The highest BCUT2D eigenvalue weighted by Crippen LogP contribution is 2.25. The van der Waals surface area contributed by atoms with Crippen LogP contribution >= 0.6 is 0 Å². The lowest BCUT2D eigenvalue weighted by atomic mass is 10.1. The van der Waals surface area contributed by atoms with Crippen LogP contribution in [-0.2, 0) is 9.59 Å². The third kappa shape index (κ3) is 4.46. The number of piperazine rings is 1. The maximum absolute atomic E-state index is 13.1. The van der Waals surface area contributed by atoms with E-state index in [1.165, 1.54) is 18.2 Å². The molecule has 3 N–H and O–H groups in total. The number of aliphatic hydroxyl groups is 1. The molecule has 136 valence electrons. The van der Waals surface area contributed by atoms with Gasteiger partial charge in [-0.2, -0.15) is 0 Å². The van der Waals surface area contributed by atoms with Gasteiger partial charge in [0.05, 0.1) is 18.7 Å². The van der Waals surface area contributed by atoms with Crippen LogP contribution < -0.4 is 15.4 Å². The van der Waals surface area contributed by atoms with Crippen molar-refractivity contribution in [3.05, 3.63) is 30.1 Å². The lowest BCUT2D eigenvalue weighted by molar-refractivity contribution is -0.127. The number of carbonyl (C=O) groups is 2. The first-order valence-corrected chi connectivity index (χ1v) is 8.39. The largest absolute Gasteiger partial charge is 0.484 e. The van der Waals surface area contributed by atoms with Gasteiger partial charge in [-0.3, -0.25) is 14.5 Å². The van der Waals surface area contributed by atoms with Crippen molar-refractivity contribution in [1.82, 2.24) is 15.5 Å². The highest BCUT2D eigenvalue weighted by atomic mass is 19.1. The Hall–Kier alpha value is -2.19. The van der Waals surface area contributed by atoms with Crippen molar-refractivity contribution < 1.29 is 23.8 Å². The lowest BCUT2D eigenvalue weighted by Crippen LogP contribution is -2.55. The number of ether oxygens (including phenoxy) is 1. The third-order valence-electron chi connectivity index (χ3n) is 4.63. The van der Waals surface area contributed by atoms with Crippen LogP contribution in [0.3, 0.4) is 0 Å². The Morgan fingerprint density at radius 2 is 2.28 bits per heavy atom. The molecule has 3 atom stereocenters. The second-order valence-corrected chi connectivity index (χ2v) is 6.38. The Balaban J connectivity index is 1.48. The zero-order valence-electron chi connectivity index (χ0n) is 13.8. The first-order chi connectivity index (χ1) is 12.0. The molecule has 1 saturated heterocycles. The van der Waals surface area contributed by atoms with Gasteiger partial charge in [0.2, 0.25) is 5.91 Å². The fourth-order valence-corrected chi connectivity index (χ4v) is 3.41. The van der Waals surface area contributed by atoms with Crippen LogP contribution in [0.5, 0.6) is 5.75 Å². The summed E-state index contributed by atoms with van der Waals surface area (Å²) in [5.41, 5.74) is 0. The van der Waals surface area contributed by atoms with Crippen LogP contribution in [0.15, 0.2) is 24.3 Å². The van der Waals surface area contributed by atoms with Crippen molar-refractivity contribution in [1.29, 1.82) is 0 Å². The van der Waals surface area contributed by atoms with Crippen molar-refractivity contribution in [2.45, 2.75) is 31.0 Å². The van der Waals surface area contributed by atoms with Gasteiger partial charge in [0.1, 0.15) is 11.6 Å². The van der Waals surface area contributed by atoms with Crippen LogP contribution in [0.2, 0.25) is 0 Å². The quantitative estimate of drug-likeness (QED) is 0.674. The van der Waals surface area contributed by atoms with Crippen molar-refractivity contribution >= 4 is 11.8 Å². The summed E-state index contributed by atoms with van der Waals surface area (Å²) < 4.78 is 18.3. The van der Waals surface area contributed by atoms with E-state index in [4.69, 9.17) is 4.74 Å². The van der Waals surface area contributed by atoms with Crippen LogP contribution in [0, 0.1) is 5.82 Å². The molecule has 1 aromatic rings. The molecule has 2 fully saturated rings. The van der Waals surface area contributed by atoms with Crippen LogP contribution in [0.25, 0.3) is 0 Å². The van der Waals surface area contributed by atoms with E-state index in [0.29, 0.717) is 25.9 Å². The Bertz CT molecular complexity index is 642. The highest BCUT2D eigenvalue weighted by Gasteiger charge is 2.40. The molecule has 25 heavy (non-hydrogen) atoms. The van der Waals surface area contributed by atoms with Crippen molar-refractivity contribution in [3.8, 4) is 5.75 Å². The third-order valence-corrected chi connectivity index (χ3v) is 4.63. The molecular formula is C17H22FN3O4. The summed E-state index contributed by atoms with van der Waals surface area (Å²) in [6.07, 6.45) is 0.615. The summed E-state index contributed by atoms with van der Waals surface area (Å²) in [6.45, 7) is 1.28. The number of halogens is 1. The maximum atomic E-state index is 13.1. The first kappa shape index (κ1) is 17.6. The summed E-state index contributed by atoms with van der Waals surface area (Å²) in [5, 5.41) is 16.0. The van der Waals surface area contributed by atoms with Gasteiger partial charge in [0.25, 0.3) is 5.91 Å². The summed E-state index contributed by atoms with van der Waals surface area (Å²) in [7, 11) is 0. The predicted octanol–water partition coefficient (Wildman–Crippen LogP) is -0.356. The lowest BCUT2D eigenvalue weighted by Gasteiger charge is -2.34. The summed E-state index contributed by atoms with van der Waals surface area (Å²) in [5.74, 6) is -0.573.